The van der Waals surface area contributed by atoms with E-state index in [4.69, 9.17) is 14.2 Å². The van der Waals surface area contributed by atoms with E-state index in [-0.39, 0.29) is 24.5 Å². The molecule has 1 N–H and O–H groups in total. The molecule has 0 spiro atoms. The molecule has 0 radical (unpaired) electrons. The first-order chi connectivity index (χ1) is 18.9. The Bertz CT molecular complexity index is 1320. The number of anilines is 1. The number of rotatable bonds is 8. The molecule has 1 saturated carbocycles. The SMILES string of the molecule is CCOc1cccc(N(C(=O)[C@@H]2COc3ccccc3O2)[C@@H](C(=O)NC2CCCCC2)c2cn(C)nc2C)c1. The summed E-state index contributed by atoms with van der Waals surface area (Å²) in [6.07, 6.45) is 6.04. The number of aromatic nitrogens is 2. The van der Waals surface area contributed by atoms with Gasteiger partial charge in [-0.05, 0) is 51.0 Å². The highest BCUT2D eigenvalue weighted by Gasteiger charge is 2.41. The smallest absolute Gasteiger partial charge is 0.272 e. The van der Waals surface area contributed by atoms with E-state index in [9.17, 15) is 9.59 Å². The van der Waals surface area contributed by atoms with Gasteiger partial charge in [0.25, 0.3) is 5.91 Å². The van der Waals surface area contributed by atoms with Crippen LogP contribution in [0.3, 0.4) is 0 Å². The minimum absolute atomic E-state index is 0.0283. The summed E-state index contributed by atoms with van der Waals surface area (Å²) in [7, 11) is 1.81. The van der Waals surface area contributed by atoms with Crippen LogP contribution in [-0.2, 0) is 16.6 Å². The van der Waals surface area contributed by atoms with Crippen LogP contribution in [0.5, 0.6) is 17.2 Å². The van der Waals surface area contributed by atoms with Gasteiger partial charge in [0.1, 0.15) is 18.4 Å². The molecule has 0 bridgehead atoms. The van der Waals surface area contributed by atoms with Crippen molar-refractivity contribution >= 4 is 17.5 Å². The van der Waals surface area contributed by atoms with Crippen molar-refractivity contribution in [3.63, 3.8) is 0 Å². The van der Waals surface area contributed by atoms with Gasteiger partial charge in [0.2, 0.25) is 12.0 Å². The minimum Gasteiger partial charge on any atom is -0.494 e. The zero-order valence-electron chi connectivity index (χ0n) is 22.8. The lowest BCUT2D eigenvalue weighted by atomic mass is 9.94. The van der Waals surface area contributed by atoms with Crippen molar-refractivity contribution in [3.05, 3.63) is 66.0 Å². The highest BCUT2D eigenvalue weighted by atomic mass is 16.6. The summed E-state index contributed by atoms with van der Waals surface area (Å²) in [6.45, 7) is 4.26. The van der Waals surface area contributed by atoms with Crippen molar-refractivity contribution in [3.8, 4) is 17.2 Å². The third-order valence-corrected chi connectivity index (χ3v) is 7.23. The molecule has 1 aliphatic heterocycles. The number of nitrogens with one attached hydrogen (secondary N) is 1. The monoisotopic (exact) mass is 532 g/mol. The highest BCUT2D eigenvalue weighted by Crippen LogP contribution is 2.36. The first-order valence-corrected chi connectivity index (χ1v) is 13.7. The van der Waals surface area contributed by atoms with E-state index in [0.29, 0.717) is 40.8 Å². The molecule has 2 aliphatic rings. The second kappa shape index (κ2) is 11.8. The Hall–Kier alpha value is -4.01. The molecule has 2 heterocycles. The van der Waals surface area contributed by atoms with Crippen LogP contribution < -0.4 is 24.4 Å². The van der Waals surface area contributed by atoms with Gasteiger partial charge in [-0.25, -0.2) is 0 Å². The Kier molecular flexibility index (Phi) is 8.05. The average molecular weight is 533 g/mol. The maximum atomic E-state index is 14.4. The number of amides is 2. The molecule has 9 nitrogen and oxygen atoms in total. The number of carbonyl (C=O) groups is 2. The van der Waals surface area contributed by atoms with Crippen molar-refractivity contribution in [1.29, 1.82) is 0 Å². The Morgan fingerprint density at radius 3 is 2.62 bits per heavy atom. The number of fused-ring (bicyclic) bond motifs is 1. The number of para-hydroxylation sites is 2. The van der Waals surface area contributed by atoms with Crippen molar-refractivity contribution in [2.24, 2.45) is 7.05 Å². The van der Waals surface area contributed by atoms with Crippen LogP contribution in [0.1, 0.15) is 56.3 Å². The number of ether oxygens (including phenoxy) is 3. The van der Waals surface area contributed by atoms with Gasteiger partial charge in [-0.1, -0.05) is 37.5 Å². The lowest BCUT2D eigenvalue weighted by molar-refractivity contribution is -0.132. The van der Waals surface area contributed by atoms with Gasteiger partial charge < -0.3 is 19.5 Å². The number of aryl methyl sites for hydroxylation is 2. The molecular weight excluding hydrogens is 496 g/mol. The van der Waals surface area contributed by atoms with Crippen LogP contribution in [0.4, 0.5) is 5.69 Å². The summed E-state index contributed by atoms with van der Waals surface area (Å²) in [5, 5.41) is 7.75. The molecule has 2 aromatic carbocycles. The van der Waals surface area contributed by atoms with E-state index in [2.05, 4.69) is 10.4 Å². The minimum atomic E-state index is -0.967. The molecule has 1 aliphatic carbocycles. The third-order valence-electron chi connectivity index (χ3n) is 7.23. The fourth-order valence-corrected chi connectivity index (χ4v) is 5.40. The molecule has 2 amide bonds. The lowest BCUT2D eigenvalue weighted by Gasteiger charge is -2.36. The Balaban J connectivity index is 1.57. The maximum Gasteiger partial charge on any atom is 0.272 e. The molecule has 1 aromatic heterocycles. The first kappa shape index (κ1) is 26.6. The van der Waals surface area contributed by atoms with Crippen LogP contribution in [0.25, 0.3) is 0 Å². The summed E-state index contributed by atoms with van der Waals surface area (Å²) < 4.78 is 19.4. The predicted octanol–water partition coefficient (Wildman–Crippen LogP) is 4.49. The average Bonchev–Trinajstić information content (AvgIpc) is 3.28. The number of hydrogen-bond acceptors (Lipinski definition) is 6. The fourth-order valence-electron chi connectivity index (χ4n) is 5.40. The van der Waals surface area contributed by atoms with Crippen molar-refractivity contribution in [2.45, 2.75) is 64.1 Å². The second-order valence-electron chi connectivity index (χ2n) is 10.1. The van der Waals surface area contributed by atoms with E-state index in [0.717, 1.165) is 25.7 Å². The Morgan fingerprint density at radius 2 is 1.90 bits per heavy atom. The first-order valence-electron chi connectivity index (χ1n) is 13.7. The van der Waals surface area contributed by atoms with Crippen LogP contribution >= 0.6 is 0 Å². The fraction of sp³-hybridized carbons (Fsp3) is 0.433. The molecule has 9 heteroatoms. The van der Waals surface area contributed by atoms with E-state index in [1.807, 2.05) is 51.2 Å². The number of benzene rings is 2. The zero-order chi connectivity index (χ0) is 27.4. The molecule has 0 saturated heterocycles. The molecule has 0 unspecified atom stereocenters. The van der Waals surface area contributed by atoms with Gasteiger partial charge in [-0.2, -0.15) is 5.10 Å². The van der Waals surface area contributed by atoms with E-state index in [1.54, 1.807) is 29.1 Å². The molecule has 3 aromatic rings. The number of carbonyl (C=O) groups excluding carboxylic acids is 2. The predicted molar refractivity (Wildman–Crippen MR) is 147 cm³/mol. The molecule has 1 fully saturated rings. The Labute approximate surface area is 229 Å². The molecule has 2 atom stereocenters. The van der Waals surface area contributed by atoms with Gasteiger partial charge in [-0.15, -0.1) is 0 Å². The molecule has 39 heavy (non-hydrogen) atoms. The lowest BCUT2D eigenvalue weighted by Crippen LogP contribution is -2.52. The highest BCUT2D eigenvalue weighted by molar-refractivity contribution is 6.04. The molecule has 206 valence electrons. The summed E-state index contributed by atoms with van der Waals surface area (Å²) in [5.74, 6) is 1.05. The van der Waals surface area contributed by atoms with Gasteiger partial charge in [0, 0.05) is 36.6 Å². The van der Waals surface area contributed by atoms with E-state index < -0.39 is 12.1 Å². The van der Waals surface area contributed by atoms with E-state index >= 15 is 0 Å². The zero-order valence-corrected chi connectivity index (χ0v) is 22.8. The summed E-state index contributed by atoms with van der Waals surface area (Å²) >= 11 is 0. The normalized spacial score (nSPS) is 17.8. The van der Waals surface area contributed by atoms with E-state index in [1.165, 1.54) is 11.3 Å². The second-order valence-corrected chi connectivity index (χ2v) is 10.1. The largest absolute Gasteiger partial charge is 0.494 e. The van der Waals surface area contributed by atoms with Gasteiger partial charge in [-0.3, -0.25) is 19.2 Å². The van der Waals surface area contributed by atoms with Crippen LogP contribution in [0.2, 0.25) is 0 Å². The van der Waals surface area contributed by atoms with Crippen LogP contribution in [-0.4, -0.2) is 47.0 Å². The van der Waals surface area contributed by atoms with Crippen molar-refractivity contribution in [2.75, 3.05) is 18.1 Å². The summed E-state index contributed by atoms with van der Waals surface area (Å²) in [4.78, 5) is 30.0. The number of nitrogens with zero attached hydrogens (tertiary/aromatic N) is 3. The van der Waals surface area contributed by atoms with Crippen LogP contribution in [0, 0.1) is 6.92 Å². The molecule has 5 rings (SSSR count). The van der Waals surface area contributed by atoms with Crippen molar-refractivity contribution < 1.29 is 23.8 Å². The standard InChI is InChI=1S/C30H36N4O5/c1-4-37-23-14-10-13-22(17-23)34(30(36)27-19-38-25-15-8-9-16-26(25)39-27)28(24-18-33(3)32-20(24)2)29(35)31-21-11-6-5-7-12-21/h8-10,13-18,21,27-28H,4-7,11-12,19H2,1-3H3,(H,31,35)/t27-,28+/m0/s1. The van der Waals surface area contributed by atoms with Gasteiger partial charge >= 0.3 is 0 Å². The summed E-state index contributed by atoms with van der Waals surface area (Å²) in [6, 6.07) is 13.6. The Morgan fingerprint density at radius 1 is 1.13 bits per heavy atom. The quantitative estimate of drug-likeness (QED) is 0.459. The topological polar surface area (TPSA) is 94.9 Å². The third kappa shape index (κ3) is 5.87. The van der Waals surface area contributed by atoms with Gasteiger partial charge in [0.05, 0.1) is 12.3 Å². The van der Waals surface area contributed by atoms with Gasteiger partial charge in [0.15, 0.2) is 11.5 Å². The van der Waals surface area contributed by atoms with Crippen molar-refractivity contribution in [1.82, 2.24) is 15.1 Å². The number of hydrogen-bond donors (Lipinski definition) is 1. The van der Waals surface area contributed by atoms with Crippen LogP contribution in [0.15, 0.2) is 54.7 Å². The summed E-state index contributed by atoms with van der Waals surface area (Å²) in [5.41, 5.74) is 1.85. The molecular formula is C30H36N4O5. The maximum absolute atomic E-state index is 14.4.